The van der Waals surface area contributed by atoms with Crippen molar-refractivity contribution in [2.45, 2.75) is 32.3 Å². The zero-order valence-corrected chi connectivity index (χ0v) is 16.7. The van der Waals surface area contributed by atoms with Crippen molar-refractivity contribution in [3.63, 3.8) is 0 Å². The second-order valence-corrected chi connectivity index (χ2v) is 6.89. The van der Waals surface area contributed by atoms with Gasteiger partial charge in [0.1, 0.15) is 11.9 Å². The topological polar surface area (TPSA) is 83.0 Å². The molecular weight excluding hydrogens is 400 g/mol. The van der Waals surface area contributed by atoms with Gasteiger partial charge < -0.3 is 15.4 Å². The highest BCUT2D eigenvalue weighted by molar-refractivity contribution is 9.10. The monoisotopic (exact) mass is 424 g/mol. The first-order valence-electron chi connectivity index (χ1n) is 8.70. The third kappa shape index (κ3) is 6.01. The molecule has 142 valence electrons. The van der Waals surface area contributed by atoms with E-state index in [0.29, 0.717) is 44.9 Å². The summed E-state index contributed by atoms with van der Waals surface area (Å²) in [5.74, 6) is 1.19. The zero-order valence-electron chi connectivity index (χ0n) is 15.1. The van der Waals surface area contributed by atoms with Gasteiger partial charge in [-0.25, -0.2) is 0 Å². The van der Waals surface area contributed by atoms with Gasteiger partial charge in [0.25, 0.3) is 0 Å². The SMILES string of the molecule is CN=C(NCCN1C(=O)CCCC1=O)NCC(C)Oc1ccccc1Br. The van der Waals surface area contributed by atoms with Crippen molar-refractivity contribution in [1.82, 2.24) is 15.5 Å². The maximum Gasteiger partial charge on any atom is 0.229 e. The average Bonchev–Trinajstić information content (AvgIpc) is 2.62. The Balaban J connectivity index is 1.73. The van der Waals surface area contributed by atoms with Gasteiger partial charge in [-0.1, -0.05) is 12.1 Å². The number of nitrogens with one attached hydrogen (secondary N) is 2. The number of likely N-dealkylation sites (tertiary alicyclic amines) is 1. The molecule has 2 amide bonds. The van der Waals surface area contributed by atoms with Crippen LogP contribution in [0.15, 0.2) is 33.7 Å². The van der Waals surface area contributed by atoms with E-state index >= 15 is 0 Å². The molecule has 1 aliphatic heterocycles. The molecule has 0 saturated carbocycles. The Labute approximate surface area is 162 Å². The van der Waals surface area contributed by atoms with Crippen LogP contribution in [-0.4, -0.2) is 55.5 Å². The van der Waals surface area contributed by atoms with E-state index in [0.717, 1.165) is 10.2 Å². The number of halogens is 1. The van der Waals surface area contributed by atoms with Crippen molar-refractivity contribution in [2.75, 3.05) is 26.7 Å². The van der Waals surface area contributed by atoms with Crippen LogP contribution in [0.5, 0.6) is 5.75 Å². The highest BCUT2D eigenvalue weighted by Gasteiger charge is 2.25. The summed E-state index contributed by atoms with van der Waals surface area (Å²) in [7, 11) is 1.67. The number of hydrogen-bond donors (Lipinski definition) is 2. The molecule has 1 aromatic rings. The number of benzene rings is 1. The highest BCUT2D eigenvalue weighted by atomic mass is 79.9. The van der Waals surface area contributed by atoms with Crippen LogP contribution in [0.3, 0.4) is 0 Å². The molecule has 26 heavy (non-hydrogen) atoms. The molecule has 0 spiro atoms. The lowest BCUT2D eigenvalue weighted by molar-refractivity contribution is -0.147. The molecule has 1 atom stereocenters. The summed E-state index contributed by atoms with van der Waals surface area (Å²) >= 11 is 3.46. The number of aliphatic imine (C=N–C) groups is 1. The number of carbonyl (C=O) groups excluding carboxylic acids is 2. The number of hydrogen-bond acceptors (Lipinski definition) is 4. The zero-order chi connectivity index (χ0) is 18.9. The number of rotatable bonds is 7. The first kappa shape index (κ1) is 20.2. The smallest absolute Gasteiger partial charge is 0.229 e. The van der Waals surface area contributed by atoms with E-state index in [-0.39, 0.29) is 17.9 Å². The van der Waals surface area contributed by atoms with Gasteiger partial charge in [-0.2, -0.15) is 0 Å². The number of piperidine rings is 1. The average molecular weight is 425 g/mol. The minimum Gasteiger partial charge on any atom is -0.488 e. The first-order valence-corrected chi connectivity index (χ1v) is 9.49. The van der Waals surface area contributed by atoms with Crippen molar-refractivity contribution in [3.8, 4) is 5.75 Å². The van der Waals surface area contributed by atoms with Gasteiger partial charge in [0.2, 0.25) is 11.8 Å². The maximum atomic E-state index is 11.8. The lowest BCUT2D eigenvalue weighted by Gasteiger charge is -2.25. The quantitative estimate of drug-likeness (QED) is 0.396. The molecule has 0 aliphatic carbocycles. The van der Waals surface area contributed by atoms with Crippen LogP contribution in [0.1, 0.15) is 26.2 Å². The third-order valence-electron chi connectivity index (χ3n) is 3.96. The number of para-hydroxylation sites is 1. The van der Waals surface area contributed by atoms with Gasteiger partial charge >= 0.3 is 0 Å². The van der Waals surface area contributed by atoms with Crippen molar-refractivity contribution < 1.29 is 14.3 Å². The molecule has 1 aromatic carbocycles. The molecule has 1 fully saturated rings. The standard InChI is InChI=1S/C18H25BrN4O3/c1-13(26-15-7-4-3-6-14(15)19)12-22-18(20-2)21-10-11-23-16(24)8-5-9-17(23)25/h3-4,6-7,13H,5,8-12H2,1-2H3,(H2,20,21,22). The van der Waals surface area contributed by atoms with E-state index in [9.17, 15) is 9.59 Å². The normalized spacial score (nSPS) is 16.4. The van der Waals surface area contributed by atoms with Gasteiger partial charge in [0, 0.05) is 33.0 Å². The van der Waals surface area contributed by atoms with E-state index < -0.39 is 0 Å². The number of nitrogens with zero attached hydrogens (tertiary/aromatic N) is 2. The Morgan fingerprint density at radius 1 is 1.27 bits per heavy atom. The van der Waals surface area contributed by atoms with E-state index in [1.807, 2.05) is 31.2 Å². The van der Waals surface area contributed by atoms with Gasteiger partial charge in [0.15, 0.2) is 5.96 Å². The predicted molar refractivity (Wildman–Crippen MR) is 104 cm³/mol. The lowest BCUT2D eigenvalue weighted by Crippen LogP contribution is -2.47. The van der Waals surface area contributed by atoms with Crippen LogP contribution in [0.2, 0.25) is 0 Å². The van der Waals surface area contributed by atoms with Crippen LogP contribution in [0, 0.1) is 0 Å². The van der Waals surface area contributed by atoms with Gasteiger partial charge in [-0.05, 0) is 41.4 Å². The minimum absolute atomic E-state index is 0.0718. The summed E-state index contributed by atoms with van der Waals surface area (Å²) in [6, 6.07) is 7.69. The fourth-order valence-corrected chi connectivity index (χ4v) is 2.97. The van der Waals surface area contributed by atoms with Crippen LogP contribution in [0.25, 0.3) is 0 Å². The molecule has 2 N–H and O–H groups in total. The van der Waals surface area contributed by atoms with E-state index in [2.05, 4.69) is 31.6 Å². The molecule has 1 unspecified atom stereocenters. The summed E-state index contributed by atoms with van der Waals surface area (Å²) in [5, 5.41) is 6.30. The largest absolute Gasteiger partial charge is 0.488 e. The number of imide groups is 1. The first-order chi connectivity index (χ1) is 12.5. The molecule has 0 bridgehead atoms. The summed E-state index contributed by atoms with van der Waals surface area (Å²) < 4.78 is 6.79. The Bertz CT molecular complexity index is 650. The Morgan fingerprint density at radius 3 is 2.62 bits per heavy atom. The number of ether oxygens (including phenoxy) is 1. The van der Waals surface area contributed by atoms with Crippen LogP contribution >= 0.6 is 15.9 Å². The summed E-state index contributed by atoms with van der Waals surface area (Å²) in [6.45, 7) is 3.32. The van der Waals surface area contributed by atoms with Gasteiger partial charge in [-0.15, -0.1) is 0 Å². The molecule has 1 aliphatic rings. The second kappa shape index (κ2) is 10.2. The van der Waals surface area contributed by atoms with Crippen molar-refractivity contribution in [1.29, 1.82) is 0 Å². The lowest BCUT2D eigenvalue weighted by atomic mass is 10.1. The van der Waals surface area contributed by atoms with E-state index in [4.69, 9.17) is 4.74 Å². The molecule has 1 heterocycles. The molecule has 1 saturated heterocycles. The van der Waals surface area contributed by atoms with Crippen molar-refractivity contribution in [3.05, 3.63) is 28.7 Å². The molecular formula is C18H25BrN4O3. The third-order valence-corrected chi connectivity index (χ3v) is 4.61. The highest BCUT2D eigenvalue weighted by Crippen LogP contribution is 2.24. The van der Waals surface area contributed by atoms with Crippen molar-refractivity contribution >= 4 is 33.7 Å². The number of guanidine groups is 1. The van der Waals surface area contributed by atoms with Crippen LogP contribution in [-0.2, 0) is 9.59 Å². The molecule has 2 rings (SSSR count). The maximum absolute atomic E-state index is 11.8. The second-order valence-electron chi connectivity index (χ2n) is 6.03. The van der Waals surface area contributed by atoms with E-state index in [1.165, 1.54) is 4.90 Å². The van der Waals surface area contributed by atoms with Gasteiger partial charge in [0.05, 0.1) is 11.0 Å². The Kier molecular flexibility index (Phi) is 7.90. The van der Waals surface area contributed by atoms with Gasteiger partial charge in [-0.3, -0.25) is 19.5 Å². The Hall–Kier alpha value is -2.09. The summed E-state index contributed by atoms with van der Waals surface area (Å²) in [5.41, 5.74) is 0. The fraction of sp³-hybridized carbons (Fsp3) is 0.500. The number of amides is 2. The predicted octanol–water partition coefficient (Wildman–Crippen LogP) is 1.92. The van der Waals surface area contributed by atoms with Crippen LogP contribution < -0.4 is 15.4 Å². The fourth-order valence-electron chi connectivity index (χ4n) is 2.60. The van der Waals surface area contributed by atoms with Crippen LogP contribution in [0.4, 0.5) is 0 Å². The minimum atomic E-state index is -0.0959. The van der Waals surface area contributed by atoms with Crippen molar-refractivity contribution in [2.24, 2.45) is 4.99 Å². The molecule has 0 radical (unpaired) electrons. The molecule has 8 heteroatoms. The molecule has 7 nitrogen and oxygen atoms in total. The summed E-state index contributed by atoms with van der Waals surface area (Å²) in [4.78, 5) is 29.0. The molecule has 0 aromatic heterocycles. The summed E-state index contributed by atoms with van der Waals surface area (Å²) in [6.07, 6.45) is 1.48. The Morgan fingerprint density at radius 2 is 1.96 bits per heavy atom. The van der Waals surface area contributed by atoms with E-state index in [1.54, 1.807) is 7.05 Å². The number of carbonyl (C=O) groups is 2.